The second-order valence-corrected chi connectivity index (χ2v) is 7.73. The van der Waals surface area contributed by atoms with Gasteiger partial charge in [-0.3, -0.25) is 4.79 Å². The SMILES string of the molecule is CN(C(=O)C(C)(C)O/N=C\C(=O)O)N(C(=O)OC(C)(C)C)c1csc(N)n1. The van der Waals surface area contributed by atoms with Crippen molar-refractivity contribution in [2.24, 2.45) is 5.16 Å². The standard InChI is InChI=1S/C15H23N5O6S/c1-14(2,3)25-13(24)20(9-8-27-12(16)18-9)19(6)11(23)15(4,5)26-17-7-10(21)22/h7-8H,1-6H3,(H2,16,18)(H,21,22)/b17-7-. The van der Waals surface area contributed by atoms with Crippen LogP contribution in [0.4, 0.5) is 15.7 Å². The van der Waals surface area contributed by atoms with Gasteiger partial charge in [0.15, 0.2) is 17.2 Å². The van der Waals surface area contributed by atoms with Gasteiger partial charge in [0, 0.05) is 12.4 Å². The van der Waals surface area contributed by atoms with E-state index in [1.54, 1.807) is 20.8 Å². The number of hydrazine groups is 1. The fraction of sp³-hybridized carbons (Fsp3) is 0.533. The second-order valence-electron chi connectivity index (χ2n) is 6.84. The van der Waals surface area contributed by atoms with E-state index in [0.717, 1.165) is 21.4 Å². The van der Waals surface area contributed by atoms with Crippen molar-refractivity contribution in [3.63, 3.8) is 0 Å². The molecule has 0 aliphatic rings. The number of aliphatic carboxylic acids is 1. The Hall–Kier alpha value is -2.89. The summed E-state index contributed by atoms with van der Waals surface area (Å²) < 4.78 is 5.33. The third kappa shape index (κ3) is 6.40. The fourth-order valence-electron chi connectivity index (χ4n) is 1.77. The third-order valence-corrected chi connectivity index (χ3v) is 3.51. The zero-order chi connectivity index (χ0) is 21.0. The molecule has 0 bridgehead atoms. The van der Waals surface area contributed by atoms with Crippen molar-refractivity contribution in [1.29, 1.82) is 0 Å². The van der Waals surface area contributed by atoms with E-state index >= 15 is 0 Å². The lowest BCUT2D eigenvalue weighted by molar-refractivity contribution is -0.153. The average molecular weight is 401 g/mol. The van der Waals surface area contributed by atoms with Crippen LogP contribution in [-0.4, -0.2) is 57.5 Å². The summed E-state index contributed by atoms with van der Waals surface area (Å²) in [4.78, 5) is 44.9. The first-order valence-electron chi connectivity index (χ1n) is 7.71. The smallest absolute Gasteiger partial charge is 0.435 e. The van der Waals surface area contributed by atoms with Crippen LogP contribution in [-0.2, 0) is 19.2 Å². The number of oxime groups is 1. The van der Waals surface area contributed by atoms with E-state index in [2.05, 4.69) is 10.1 Å². The number of carbonyl (C=O) groups excluding carboxylic acids is 2. The van der Waals surface area contributed by atoms with Crippen LogP contribution in [0.1, 0.15) is 34.6 Å². The molecule has 0 spiro atoms. The molecule has 1 rings (SSSR count). The number of nitrogen functional groups attached to an aromatic ring is 1. The molecule has 0 radical (unpaired) electrons. The number of rotatable bonds is 5. The van der Waals surface area contributed by atoms with Gasteiger partial charge in [0.2, 0.25) is 5.60 Å². The number of ether oxygens (including phenoxy) is 1. The Labute approximate surface area is 160 Å². The summed E-state index contributed by atoms with van der Waals surface area (Å²) in [5.74, 6) is -1.95. The molecule has 0 saturated heterocycles. The first-order chi connectivity index (χ1) is 12.2. The highest BCUT2D eigenvalue weighted by Gasteiger charge is 2.39. The van der Waals surface area contributed by atoms with E-state index in [1.165, 1.54) is 26.3 Å². The summed E-state index contributed by atoms with van der Waals surface area (Å²) in [6, 6.07) is 0. The van der Waals surface area contributed by atoms with Gasteiger partial charge in [-0.2, -0.15) is 5.01 Å². The Morgan fingerprint density at radius 2 is 1.89 bits per heavy atom. The Morgan fingerprint density at radius 1 is 1.30 bits per heavy atom. The summed E-state index contributed by atoms with van der Waals surface area (Å²) >= 11 is 1.08. The highest BCUT2D eigenvalue weighted by Crippen LogP contribution is 2.25. The molecule has 0 fully saturated rings. The van der Waals surface area contributed by atoms with Gasteiger partial charge < -0.3 is 20.4 Å². The molecule has 3 N–H and O–H groups in total. The number of carboxylic acids is 1. The summed E-state index contributed by atoms with van der Waals surface area (Å²) in [5, 5.41) is 15.3. The molecule has 0 aliphatic heterocycles. The number of hydrogen-bond donors (Lipinski definition) is 2. The summed E-state index contributed by atoms with van der Waals surface area (Å²) in [6.07, 6.45) is -0.351. The molecule has 0 saturated carbocycles. The highest BCUT2D eigenvalue weighted by atomic mass is 32.1. The number of likely N-dealkylation sites (N-methyl/N-ethyl adjacent to an activating group) is 1. The Bertz CT molecular complexity index is 739. The zero-order valence-corrected chi connectivity index (χ0v) is 16.7. The monoisotopic (exact) mass is 401 g/mol. The summed E-state index contributed by atoms with van der Waals surface area (Å²) in [5.41, 5.74) is 3.22. The number of amides is 2. The van der Waals surface area contributed by atoms with Gasteiger partial charge in [-0.1, -0.05) is 5.16 Å². The molecule has 1 heterocycles. The lowest BCUT2D eigenvalue weighted by Crippen LogP contribution is -2.55. The molecule has 1 aromatic heterocycles. The van der Waals surface area contributed by atoms with Crippen molar-refractivity contribution in [2.75, 3.05) is 17.8 Å². The van der Waals surface area contributed by atoms with Gasteiger partial charge in [0.05, 0.1) is 0 Å². The lowest BCUT2D eigenvalue weighted by atomic mass is 10.1. The summed E-state index contributed by atoms with van der Waals surface area (Å²) in [7, 11) is 1.31. The molecule has 0 atom stereocenters. The second kappa shape index (κ2) is 8.20. The van der Waals surface area contributed by atoms with Crippen LogP contribution in [0, 0.1) is 0 Å². The van der Waals surface area contributed by atoms with Crippen LogP contribution in [0.5, 0.6) is 0 Å². The third-order valence-electron chi connectivity index (χ3n) is 2.85. The summed E-state index contributed by atoms with van der Waals surface area (Å²) in [6.45, 7) is 7.76. The molecule has 0 unspecified atom stereocenters. The number of anilines is 2. The molecule has 0 aliphatic carbocycles. The van der Waals surface area contributed by atoms with E-state index in [0.29, 0.717) is 6.21 Å². The molecule has 1 aromatic rings. The predicted octanol–water partition coefficient (Wildman–Crippen LogP) is 1.71. The van der Waals surface area contributed by atoms with Gasteiger partial charge in [-0.25, -0.2) is 19.6 Å². The van der Waals surface area contributed by atoms with Crippen LogP contribution >= 0.6 is 11.3 Å². The number of carbonyl (C=O) groups is 3. The van der Waals surface area contributed by atoms with Crippen molar-refractivity contribution in [2.45, 2.75) is 45.8 Å². The van der Waals surface area contributed by atoms with Crippen molar-refractivity contribution in [1.82, 2.24) is 9.99 Å². The van der Waals surface area contributed by atoms with Crippen molar-refractivity contribution in [3.8, 4) is 0 Å². The van der Waals surface area contributed by atoms with Crippen LogP contribution in [0.2, 0.25) is 0 Å². The number of nitrogens with two attached hydrogens (primary N) is 1. The molecule has 150 valence electrons. The van der Waals surface area contributed by atoms with E-state index in [9.17, 15) is 14.4 Å². The highest BCUT2D eigenvalue weighted by molar-refractivity contribution is 7.13. The van der Waals surface area contributed by atoms with Gasteiger partial charge >= 0.3 is 12.1 Å². The minimum Gasteiger partial charge on any atom is -0.477 e. The first kappa shape index (κ1) is 22.2. The number of aromatic nitrogens is 1. The minimum atomic E-state index is -1.58. The number of nitrogens with zero attached hydrogens (tertiary/aromatic N) is 4. The largest absolute Gasteiger partial charge is 0.477 e. The average Bonchev–Trinajstić information content (AvgIpc) is 2.90. The molecule has 11 nitrogen and oxygen atoms in total. The molecular weight excluding hydrogens is 378 g/mol. The topological polar surface area (TPSA) is 148 Å². The Balaban J connectivity index is 3.15. The zero-order valence-electron chi connectivity index (χ0n) is 15.9. The lowest BCUT2D eigenvalue weighted by Gasteiger charge is -2.35. The van der Waals surface area contributed by atoms with E-state index in [-0.39, 0.29) is 10.9 Å². The van der Waals surface area contributed by atoms with E-state index in [4.69, 9.17) is 20.4 Å². The van der Waals surface area contributed by atoms with Gasteiger partial charge in [-0.05, 0) is 34.6 Å². The van der Waals surface area contributed by atoms with Crippen LogP contribution in [0.25, 0.3) is 0 Å². The van der Waals surface area contributed by atoms with Crippen LogP contribution in [0.3, 0.4) is 0 Å². The number of thiazole rings is 1. The maximum Gasteiger partial charge on any atom is 0.435 e. The van der Waals surface area contributed by atoms with E-state index in [1.807, 2.05) is 0 Å². The number of hydrogen-bond acceptors (Lipinski definition) is 9. The molecule has 2 amide bonds. The molecule has 12 heteroatoms. The predicted molar refractivity (Wildman–Crippen MR) is 99.3 cm³/mol. The van der Waals surface area contributed by atoms with E-state index < -0.39 is 29.2 Å². The maximum atomic E-state index is 12.8. The normalized spacial score (nSPS) is 11.9. The van der Waals surface area contributed by atoms with Gasteiger partial charge in [-0.15, -0.1) is 11.3 Å². The van der Waals surface area contributed by atoms with Gasteiger partial charge in [0.25, 0.3) is 5.91 Å². The Kier molecular flexibility index (Phi) is 6.73. The molecule has 0 aromatic carbocycles. The van der Waals surface area contributed by atoms with Crippen molar-refractivity contribution < 1.29 is 29.1 Å². The molecule has 27 heavy (non-hydrogen) atoms. The molecular formula is C15H23N5O6S. The number of carboxylic acid groups (broad SMARTS) is 1. The quantitative estimate of drug-likeness (QED) is 0.559. The van der Waals surface area contributed by atoms with Crippen LogP contribution in [0.15, 0.2) is 10.5 Å². The fourth-order valence-corrected chi connectivity index (χ4v) is 2.30. The Morgan fingerprint density at radius 3 is 2.33 bits per heavy atom. The minimum absolute atomic E-state index is 0.0902. The van der Waals surface area contributed by atoms with Crippen molar-refractivity contribution in [3.05, 3.63) is 5.38 Å². The van der Waals surface area contributed by atoms with Gasteiger partial charge in [0.1, 0.15) is 5.60 Å². The maximum absolute atomic E-state index is 12.8. The van der Waals surface area contributed by atoms with Crippen molar-refractivity contribution >= 4 is 46.5 Å². The van der Waals surface area contributed by atoms with Crippen LogP contribution < -0.4 is 10.7 Å². The first-order valence-corrected chi connectivity index (χ1v) is 8.59.